The van der Waals surface area contributed by atoms with Gasteiger partial charge in [0.05, 0.1) is 16.8 Å². The zero-order valence-corrected chi connectivity index (χ0v) is 15.2. The number of carbonyl (C=O) groups is 1. The second kappa shape index (κ2) is 7.32. The van der Waals surface area contributed by atoms with E-state index in [1.54, 1.807) is 0 Å². The molecule has 0 bridgehead atoms. The average Bonchev–Trinajstić information content (AvgIpc) is 2.92. The normalized spacial score (nSPS) is 11.0. The molecule has 0 atom stereocenters. The van der Waals surface area contributed by atoms with Gasteiger partial charge in [-0.05, 0) is 30.7 Å². The Labute approximate surface area is 148 Å². The van der Waals surface area contributed by atoms with Gasteiger partial charge in [-0.2, -0.15) is 0 Å². The van der Waals surface area contributed by atoms with Crippen LogP contribution in [-0.2, 0) is 6.54 Å². The van der Waals surface area contributed by atoms with Crippen molar-refractivity contribution in [1.29, 1.82) is 0 Å². The van der Waals surface area contributed by atoms with Crippen LogP contribution in [0.25, 0.3) is 11.0 Å². The Bertz CT molecular complexity index is 827. The van der Waals surface area contributed by atoms with Gasteiger partial charge in [0, 0.05) is 16.6 Å². The number of ketones is 1. The molecule has 3 aromatic rings. The Kier molecular flexibility index (Phi) is 5.18. The lowest BCUT2D eigenvalue weighted by Gasteiger charge is -2.07. The summed E-state index contributed by atoms with van der Waals surface area (Å²) in [7, 11) is 0. The summed E-state index contributed by atoms with van der Waals surface area (Å²) >= 11 is 4.90. The van der Waals surface area contributed by atoms with Gasteiger partial charge in [0.15, 0.2) is 10.9 Å². The van der Waals surface area contributed by atoms with E-state index >= 15 is 0 Å². The van der Waals surface area contributed by atoms with Crippen molar-refractivity contribution in [2.24, 2.45) is 0 Å². The molecule has 0 aliphatic heterocycles. The number of aromatic nitrogens is 2. The fraction of sp³-hybridized carbons (Fsp3) is 0.222. The minimum atomic E-state index is 0.123. The molecule has 5 heteroatoms. The first-order valence-corrected chi connectivity index (χ1v) is 9.33. The molecule has 0 unspecified atom stereocenters. The lowest BCUT2D eigenvalue weighted by molar-refractivity contribution is 0.102. The number of nitrogens with zero attached hydrogens (tertiary/aromatic N) is 2. The van der Waals surface area contributed by atoms with E-state index in [-0.39, 0.29) is 5.78 Å². The standard InChI is InChI=1S/C18H17BrN2OS/c1-2-11-21-16-6-4-3-5-15(16)20-18(21)23-12-17(22)13-7-9-14(19)10-8-13/h3-10H,2,11-12H2,1H3. The fourth-order valence-corrected chi connectivity index (χ4v) is 3.65. The zero-order chi connectivity index (χ0) is 16.2. The Morgan fingerprint density at radius 3 is 2.65 bits per heavy atom. The fourth-order valence-electron chi connectivity index (χ4n) is 2.45. The second-order valence-electron chi connectivity index (χ2n) is 5.25. The molecular weight excluding hydrogens is 372 g/mol. The first-order chi connectivity index (χ1) is 11.2. The molecular formula is C18H17BrN2OS. The molecule has 0 N–H and O–H groups in total. The molecule has 3 rings (SSSR count). The first kappa shape index (κ1) is 16.3. The maximum Gasteiger partial charge on any atom is 0.173 e. The third-order valence-corrected chi connectivity index (χ3v) is 5.07. The lowest BCUT2D eigenvalue weighted by Crippen LogP contribution is -2.05. The maximum atomic E-state index is 12.3. The van der Waals surface area contributed by atoms with E-state index in [1.165, 1.54) is 11.8 Å². The quantitative estimate of drug-likeness (QED) is 0.430. The van der Waals surface area contributed by atoms with Crippen molar-refractivity contribution in [3.05, 3.63) is 58.6 Å². The topological polar surface area (TPSA) is 34.9 Å². The van der Waals surface area contributed by atoms with Gasteiger partial charge >= 0.3 is 0 Å². The summed E-state index contributed by atoms with van der Waals surface area (Å²) in [6.45, 7) is 3.06. The van der Waals surface area contributed by atoms with Gasteiger partial charge < -0.3 is 4.57 Å². The number of imidazole rings is 1. The van der Waals surface area contributed by atoms with Crippen molar-refractivity contribution < 1.29 is 4.79 Å². The highest BCUT2D eigenvalue weighted by Crippen LogP contribution is 2.25. The highest BCUT2D eigenvalue weighted by atomic mass is 79.9. The molecule has 2 aromatic carbocycles. The van der Waals surface area contributed by atoms with Crippen LogP contribution in [0.3, 0.4) is 0 Å². The van der Waals surface area contributed by atoms with Crippen LogP contribution in [-0.4, -0.2) is 21.1 Å². The highest BCUT2D eigenvalue weighted by Gasteiger charge is 2.13. The summed E-state index contributed by atoms with van der Waals surface area (Å²) in [4.78, 5) is 17.0. The summed E-state index contributed by atoms with van der Waals surface area (Å²) in [5, 5.41) is 0.915. The number of Topliss-reactive ketones (excluding diaryl/α,β-unsaturated/α-hetero) is 1. The number of aryl methyl sites for hydroxylation is 1. The maximum absolute atomic E-state index is 12.3. The lowest BCUT2D eigenvalue weighted by atomic mass is 10.2. The van der Waals surface area contributed by atoms with E-state index in [0.29, 0.717) is 5.75 Å². The zero-order valence-electron chi connectivity index (χ0n) is 12.8. The van der Waals surface area contributed by atoms with Crippen LogP contribution in [0, 0.1) is 0 Å². The molecule has 0 amide bonds. The molecule has 0 fully saturated rings. The van der Waals surface area contributed by atoms with Crippen LogP contribution >= 0.6 is 27.7 Å². The van der Waals surface area contributed by atoms with Gasteiger partial charge in [-0.25, -0.2) is 4.98 Å². The number of halogens is 1. The van der Waals surface area contributed by atoms with Gasteiger partial charge in [0.25, 0.3) is 0 Å². The van der Waals surface area contributed by atoms with Gasteiger partial charge in [0.1, 0.15) is 0 Å². The van der Waals surface area contributed by atoms with E-state index in [1.807, 2.05) is 42.5 Å². The van der Waals surface area contributed by atoms with Gasteiger partial charge in [-0.1, -0.05) is 58.9 Å². The van der Waals surface area contributed by atoms with Crippen LogP contribution in [0.4, 0.5) is 0 Å². The summed E-state index contributed by atoms with van der Waals surface area (Å²) in [6, 6.07) is 15.6. The van der Waals surface area contributed by atoms with Crippen molar-refractivity contribution in [3.8, 4) is 0 Å². The molecule has 0 saturated carbocycles. The molecule has 0 aliphatic rings. The Morgan fingerprint density at radius 2 is 1.91 bits per heavy atom. The Hall–Kier alpha value is -1.59. The number of rotatable bonds is 6. The van der Waals surface area contributed by atoms with E-state index in [4.69, 9.17) is 0 Å². The van der Waals surface area contributed by atoms with Crippen molar-refractivity contribution in [1.82, 2.24) is 9.55 Å². The van der Waals surface area contributed by atoms with E-state index < -0.39 is 0 Å². The molecule has 1 heterocycles. The van der Waals surface area contributed by atoms with E-state index in [9.17, 15) is 4.79 Å². The van der Waals surface area contributed by atoms with Crippen LogP contribution in [0.2, 0.25) is 0 Å². The number of thioether (sulfide) groups is 1. The van der Waals surface area contributed by atoms with Crippen LogP contribution < -0.4 is 0 Å². The molecule has 23 heavy (non-hydrogen) atoms. The molecule has 0 aliphatic carbocycles. The Morgan fingerprint density at radius 1 is 1.17 bits per heavy atom. The number of hydrogen-bond acceptors (Lipinski definition) is 3. The SMILES string of the molecule is CCCn1c(SCC(=O)c2ccc(Br)cc2)nc2ccccc21. The number of carbonyl (C=O) groups excluding carboxylic acids is 1. The predicted molar refractivity (Wildman–Crippen MR) is 99.2 cm³/mol. The monoisotopic (exact) mass is 388 g/mol. The molecule has 0 saturated heterocycles. The Balaban J connectivity index is 1.79. The van der Waals surface area contributed by atoms with E-state index in [0.717, 1.165) is 39.2 Å². The largest absolute Gasteiger partial charge is 0.319 e. The minimum absolute atomic E-state index is 0.123. The first-order valence-electron chi connectivity index (χ1n) is 7.56. The molecule has 0 radical (unpaired) electrons. The smallest absolute Gasteiger partial charge is 0.173 e. The molecule has 1 aromatic heterocycles. The van der Waals surface area contributed by atoms with E-state index in [2.05, 4.69) is 38.5 Å². The van der Waals surface area contributed by atoms with Gasteiger partial charge in [-0.15, -0.1) is 0 Å². The second-order valence-corrected chi connectivity index (χ2v) is 7.11. The van der Waals surface area contributed by atoms with Crippen LogP contribution in [0.1, 0.15) is 23.7 Å². The molecule has 118 valence electrons. The van der Waals surface area contributed by atoms with Crippen LogP contribution in [0.15, 0.2) is 58.2 Å². The molecule has 0 spiro atoms. The van der Waals surface area contributed by atoms with Gasteiger partial charge in [-0.3, -0.25) is 4.79 Å². The van der Waals surface area contributed by atoms with Crippen molar-refractivity contribution in [2.75, 3.05) is 5.75 Å². The van der Waals surface area contributed by atoms with Crippen molar-refractivity contribution in [2.45, 2.75) is 25.0 Å². The van der Waals surface area contributed by atoms with Crippen molar-refractivity contribution >= 4 is 44.5 Å². The van der Waals surface area contributed by atoms with Crippen molar-refractivity contribution in [3.63, 3.8) is 0 Å². The summed E-state index contributed by atoms with van der Waals surface area (Å²) < 4.78 is 3.18. The average molecular weight is 389 g/mol. The summed E-state index contributed by atoms with van der Waals surface area (Å²) in [5.74, 6) is 0.520. The highest BCUT2D eigenvalue weighted by molar-refractivity contribution is 9.10. The molecule has 3 nitrogen and oxygen atoms in total. The number of hydrogen-bond donors (Lipinski definition) is 0. The van der Waals surface area contributed by atoms with Crippen LogP contribution in [0.5, 0.6) is 0 Å². The third-order valence-electron chi connectivity index (χ3n) is 3.57. The summed E-state index contributed by atoms with van der Waals surface area (Å²) in [5.41, 5.74) is 2.85. The third kappa shape index (κ3) is 3.67. The number of para-hydroxylation sites is 2. The predicted octanol–water partition coefficient (Wildman–Crippen LogP) is 5.18. The number of benzene rings is 2. The minimum Gasteiger partial charge on any atom is -0.319 e. The van der Waals surface area contributed by atoms with Gasteiger partial charge in [0.2, 0.25) is 0 Å². The number of fused-ring (bicyclic) bond motifs is 1. The summed E-state index contributed by atoms with van der Waals surface area (Å²) in [6.07, 6.45) is 1.04.